The number of nitrogens with one attached hydrogen (secondary N) is 1. The molecule has 0 aliphatic heterocycles. The van der Waals surface area contributed by atoms with Crippen molar-refractivity contribution in [3.05, 3.63) is 53.7 Å². The number of esters is 1. The second-order valence-electron chi connectivity index (χ2n) is 4.80. The van der Waals surface area contributed by atoms with Crippen LogP contribution in [0.25, 0.3) is 22.3 Å². The lowest BCUT2D eigenvalue weighted by Gasteiger charge is -2.03. The Morgan fingerprint density at radius 1 is 1.19 bits per heavy atom. The normalized spacial score (nSPS) is 10.8. The minimum atomic E-state index is -0.334. The number of aromatic amines is 1. The highest BCUT2D eigenvalue weighted by atomic mass is 16.5. The fraction of sp³-hybridized carbons (Fsp3) is 0.176. The van der Waals surface area contributed by atoms with Crippen molar-refractivity contribution in [2.75, 3.05) is 6.61 Å². The highest BCUT2D eigenvalue weighted by molar-refractivity contribution is 6.04. The van der Waals surface area contributed by atoms with Gasteiger partial charge in [0.2, 0.25) is 0 Å². The molecule has 0 bridgehead atoms. The zero-order chi connectivity index (χ0) is 14.8. The van der Waals surface area contributed by atoms with E-state index >= 15 is 0 Å². The second kappa shape index (κ2) is 5.40. The van der Waals surface area contributed by atoms with Crippen molar-refractivity contribution in [1.29, 1.82) is 0 Å². The smallest absolute Gasteiger partial charge is 0.342 e. The Kier molecular flexibility index (Phi) is 3.44. The molecule has 0 fully saturated rings. The standard InChI is InChI=1S/C17H16N2O2/c1-3-21-17(20)15-11(2)18-14-10-9-13(19-16(14)15)12-7-5-4-6-8-12/h4-10,18H,3H2,1-2H3. The average Bonchev–Trinajstić information content (AvgIpc) is 2.83. The average molecular weight is 280 g/mol. The molecule has 2 heterocycles. The fourth-order valence-electron chi connectivity index (χ4n) is 2.42. The summed E-state index contributed by atoms with van der Waals surface area (Å²) in [6, 6.07) is 13.8. The Labute approximate surface area is 122 Å². The molecule has 4 nitrogen and oxygen atoms in total. The zero-order valence-corrected chi connectivity index (χ0v) is 12.0. The molecule has 0 spiro atoms. The molecule has 0 saturated heterocycles. The van der Waals surface area contributed by atoms with E-state index in [9.17, 15) is 4.79 Å². The molecule has 3 rings (SSSR count). The SMILES string of the molecule is CCOC(=O)c1c(C)[nH]c2ccc(-c3ccccc3)nc12. The van der Waals surface area contributed by atoms with Crippen molar-refractivity contribution in [2.45, 2.75) is 13.8 Å². The second-order valence-corrected chi connectivity index (χ2v) is 4.80. The number of hydrogen-bond donors (Lipinski definition) is 1. The summed E-state index contributed by atoms with van der Waals surface area (Å²) in [6.07, 6.45) is 0. The molecule has 21 heavy (non-hydrogen) atoms. The number of H-pyrrole nitrogens is 1. The minimum Gasteiger partial charge on any atom is -0.462 e. The van der Waals surface area contributed by atoms with E-state index in [1.165, 1.54) is 0 Å². The summed E-state index contributed by atoms with van der Waals surface area (Å²) in [4.78, 5) is 19.9. The van der Waals surface area contributed by atoms with Crippen LogP contribution in [0.4, 0.5) is 0 Å². The van der Waals surface area contributed by atoms with Crippen molar-refractivity contribution >= 4 is 17.0 Å². The summed E-state index contributed by atoms with van der Waals surface area (Å²) in [5.74, 6) is -0.334. The molecule has 1 N–H and O–H groups in total. The van der Waals surface area contributed by atoms with Crippen LogP contribution in [0.5, 0.6) is 0 Å². The van der Waals surface area contributed by atoms with Gasteiger partial charge in [0.05, 0.1) is 17.8 Å². The third kappa shape index (κ3) is 2.40. The number of hydrogen-bond acceptors (Lipinski definition) is 3. The van der Waals surface area contributed by atoms with E-state index in [2.05, 4.69) is 9.97 Å². The third-order valence-corrected chi connectivity index (χ3v) is 3.38. The molecule has 2 aromatic heterocycles. The lowest BCUT2D eigenvalue weighted by Crippen LogP contribution is -2.06. The molecule has 106 valence electrons. The van der Waals surface area contributed by atoms with Crippen molar-refractivity contribution in [3.8, 4) is 11.3 Å². The van der Waals surface area contributed by atoms with Crippen LogP contribution in [0.3, 0.4) is 0 Å². The van der Waals surface area contributed by atoms with Gasteiger partial charge in [0.1, 0.15) is 11.1 Å². The largest absolute Gasteiger partial charge is 0.462 e. The lowest BCUT2D eigenvalue weighted by molar-refractivity contribution is 0.0527. The molecule has 0 saturated carbocycles. The van der Waals surface area contributed by atoms with Gasteiger partial charge in [0.25, 0.3) is 0 Å². The van der Waals surface area contributed by atoms with E-state index in [-0.39, 0.29) is 5.97 Å². The predicted octanol–water partition coefficient (Wildman–Crippen LogP) is 3.72. The molecular weight excluding hydrogens is 264 g/mol. The Bertz CT molecular complexity index is 791. The highest BCUT2D eigenvalue weighted by Crippen LogP contribution is 2.25. The number of rotatable bonds is 3. The van der Waals surface area contributed by atoms with Gasteiger partial charge < -0.3 is 9.72 Å². The number of ether oxygens (including phenoxy) is 1. The van der Waals surface area contributed by atoms with Crippen LogP contribution < -0.4 is 0 Å². The van der Waals surface area contributed by atoms with E-state index in [4.69, 9.17) is 4.74 Å². The maximum Gasteiger partial charge on any atom is 0.342 e. The first-order valence-electron chi connectivity index (χ1n) is 6.92. The first kappa shape index (κ1) is 13.4. The zero-order valence-electron chi connectivity index (χ0n) is 12.0. The van der Waals surface area contributed by atoms with Crippen LogP contribution in [-0.2, 0) is 4.74 Å². The molecule has 0 unspecified atom stereocenters. The van der Waals surface area contributed by atoms with Gasteiger partial charge in [-0.25, -0.2) is 9.78 Å². The number of fused-ring (bicyclic) bond motifs is 1. The number of aromatic nitrogens is 2. The number of benzene rings is 1. The van der Waals surface area contributed by atoms with Crippen LogP contribution in [0.15, 0.2) is 42.5 Å². The number of nitrogens with zero attached hydrogens (tertiary/aromatic N) is 1. The number of aryl methyl sites for hydroxylation is 1. The molecule has 0 amide bonds. The minimum absolute atomic E-state index is 0.334. The van der Waals surface area contributed by atoms with Crippen molar-refractivity contribution in [3.63, 3.8) is 0 Å². The summed E-state index contributed by atoms with van der Waals surface area (Å²) in [7, 11) is 0. The molecule has 0 aliphatic rings. The maximum atomic E-state index is 12.1. The van der Waals surface area contributed by atoms with Gasteiger partial charge in [-0.1, -0.05) is 30.3 Å². The maximum absolute atomic E-state index is 12.1. The monoisotopic (exact) mass is 280 g/mol. The van der Waals surface area contributed by atoms with Gasteiger partial charge in [0.15, 0.2) is 0 Å². The highest BCUT2D eigenvalue weighted by Gasteiger charge is 2.18. The van der Waals surface area contributed by atoms with Gasteiger partial charge >= 0.3 is 5.97 Å². The Hall–Kier alpha value is -2.62. The van der Waals surface area contributed by atoms with E-state index < -0.39 is 0 Å². The Morgan fingerprint density at radius 2 is 1.95 bits per heavy atom. The summed E-state index contributed by atoms with van der Waals surface area (Å²) in [6.45, 7) is 4.00. The van der Waals surface area contributed by atoms with Crippen molar-refractivity contribution in [2.24, 2.45) is 0 Å². The van der Waals surface area contributed by atoms with Gasteiger partial charge in [0, 0.05) is 11.3 Å². The molecular formula is C17H16N2O2. The Morgan fingerprint density at radius 3 is 2.67 bits per heavy atom. The third-order valence-electron chi connectivity index (χ3n) is 3.38. The lowest BCUT2D eigenvalue weighted by atomic mass is 10.1. The van der Waals surface area contributed by atoms with Gasteiger partial charge in [-0.05, 0) is 26.0 Å². The van der Waals surface area contributed by atoms with E-state index in [1.54, 1.807) is 6.92 Å². The van der Waals surface area contributed by atoms with Crippen molar-refractivity contribution < 1.29 is 9.53 Å². The first-order valence-corrected chi connectivity index (χ1v) is 6.92. The van der Waals surface area contributed by atoms with Crippen LogP contribution >= 0.6 is 0 Å². The van der Waals surface area contributed by atoms with Gasteiger partial charge in [-0.2, -0.15) is 0 Å². The quantitative estimate of drug-likeness (QED) is 0.744. The molecule has 3 aromatic rings. The topological polar surface area (TPSA) is 55.0 Å². The molecule has 0 radical (unpaired) electrons. The summed E-state index contributed by atoms with van der Waals surface area (Å²) in [5.41, 5.74) is 4.66. The molecule has 0 aliphatic carbocycles. The van der Waals surface area contributed by atoms with Gasteiger partial charge in [-0.15, -0.1) is 0 Å². The Balaban J connectivity index is 2.16. The predicted molar refractivity (Wildman–Crippen MR) is 82.2 cm³/mol. The van der Waals surface area contributed by atoms with Gasteiger partial charge in [-0.3, -0.25) is 0 Å². The van der Waals surface area contributed by atoms with E-state index in [0.29, 0.717) is 17.7 Å². The molecule has 4 heteroatoms. The summed E-state index contributed by atoms with van der Waals surface area (Å²) < 4.78 is 5.12. The fourth-order valence-corrected chi connectivity index (χ4v) is 2.42. The molecule has 0 atom stereocenters. The van der Waals surface area contributed by atoms with E-state index in [0.717, 1.165) is 22.5 Å². The van der Waals surface area contributed by atoms with Crippen molar-refractivity contribution in [1.82, 2.24) is 9.97 Å². The van der Waals surface area contributed by atoms with Crippen LogP contribution in [0.1, 0.15) is 23.0 Å². The summed E-state index contributed by atoms with van der Waals surface area (Å²) in [5, 5.41) is 0. The summed E-state index contributed by atoms with van der Waals surface area (Å²) >= 11 is 0. The molecule has 1 aromatic carbocycles. The number of carbonyl (C=O) groups is 1. The van der Waals surface area contributed by atoms with Crippen LogP contribution in [-0.4, -0.2) is 22.5 Å². The van der Waals surface area contributed by atoms with Crippen LogP contribution in [0.2, 0.25) is 0 Å². The number of carbonyl (C=O) groups excluding carboxylic acids is 1. The van der Waals surface area contributed by atoms with Crippen LogP contribution in [0, 0.1) is 6.92 Å². The first-order chi connectivity index (χ1) is 10.2. The number of pyridine rings is 1. The van der Waals surface area contributed by atoms with E-state index in [1.807, 2.05) is 49.4 Å².